The third-order valence-corrected chi connectivity index (χ3v) is 3.19. The van der Waals surface area contributed by atoms with E-state index in [4.69, 9.17) is 4.74 Å². The summed E-state index contributed by atoms with van der Waals surface area (Å²) in [6, 6.07) is 8.75. The summed E-state index contributed by atoms with van der Waals surface area (Å²) >= 11 is 0. The molecule has 1 rings (SSSR count). The summed E-state index contributed by atoms with van der Waals surface area (Å²) in [5.74, 6) is 1.60. The summed E-state index contributed by atoms with van der Waals surface area (Å²) in [6.07, 6.45) is 0. The van der Waals surface area contributed by atoms with Crippen LogP contribution in [-0.2, 0) is 6.54 Å². The van der Waals surface area contributed by atoms with Crippen molar-refractivity contribution in [3.8, 4) is 5.75 Å². The second-order valence-corrected chi connectivity index (χ2v) is 5.53. The average molecular weight is 264 g/mol. The minimum absolute atomic E-state index is 0.490. The standard InChI is InChI=1S/C16H28N2O/c1-6-19-16-10-8-7-9-14(16)11-17-15(13(2)3)12-18(4)5/h7-10,13,15,17H,6,11-12H2,1-5H3. The van der Waals surface area contributed by atoms with Gasteiger partial charge in [0.1, 0.15) is 5.75 Å². The summed E-state index contributed by atoms with van der Waals surface area (Å²) in [5.41, 5.74) is 1.23. The Morgan fingerprint density at radius 3 is 2.47 bits per heavy atom. The molecule has 1 atom stereocenters. The smallest absolute Gasteiger partial charge is 0.123 e. The number of benzene rings is 1. The summed E-state index contributed by atoms with van der Waals surface area (Å²) in [6.45, 7) is 9.15. The first-order valence-electron chi connectivity index (χ1n) is 7.13. The maximum absolute atomic E-state index is 5.66. The van der Waals surface area contributed by atoms with E-state index < -0.39 is 0 Å². The van der Waals surface area contributed by atoms with Crippen LogP contribution in [0.25, 0.3) is 0 Å². The highest BCUT2D eigenvalue weighted by Crippen LogP contribution is 2.18. The van der Waals surface area contributed by atoms with Gasteiger partial charge in [-0.2, -0.15) is 0 Å². The first kappa shape index (κ1) is 16.0. The Labute approximate surface area is 118 Å². The van der Waals surface area contributed by atoms with Crippen LogP contribution in [0.1, 0.15) is 26.3 Å². The number of rotatable bonds is 8. The largest absolute Gasteiger partial charge is 0.494 e. The van der Waals surface area contributed by atoms with Crippen molar-refractivity contribution in [3.63, 3.8) is 0 Å². The predicted octanol–water partition coefficient (Wildman–Crippen LogP) is 2.76. The van der Waals surface area contributed by atoms with Crippen molar-refractivity contribution in [2.75, 3.05) is 27.2 Å². The molecule has 0 bridgehead atoms. The van der Waals surface area contributed by atoms with Crippen molar-refractivity contribution >= 4 is 0 Å². The molecule has 19 heavy (non-hydrogen) atoms. The number of ether oxygens (including phenoxy) is 1. The third-order valence-electron chi connectivity index (χ3n) is 3.19. The Morgan fingerprint density at radius 1 is 1.21 bits per heavy atom. The summed E-state index contributed by atoms with van der Waals surface area (Å²) in [5, 5.41) is 3.64. The number of nitrogens with one attached hydrogen (secondary N) is 1. The van der Waals surface area contributed by atoms with Gasteiger partial charge in [0.2, 0.25) is 0 Å². The molecule has 0 aliphatic heterocycles. The minimum Gasteiger partial charge on any atom is -0.494 e. The van der Waals surface area contributed by atoms with Gasteiger partial charge in [-0.05, 0) is 33.0 Å². The monoisotopic (exact) mass is 264 g/mol. The van der Waals surface area contributed by atoms with Gasteiger partial charge < -0.3 is 15.0 Å². The second-order valence-electron chi connectivity index (χ2n) is 5.53. The number of para-hydroxylation sites is 1. The molecule has 0 aliphatic rings. The molecule has 1 unspecified atom stereocenters. The molecule has 0 fully saturated rings. The fraction of sp³-hybridized carbons (Fsp3) is 0.625. The van der Waals surface area contributed by atoms with Gasteiger partial charge in [0.05, 0.1) is 6.61 Å². The molecule has 0 spiro atoms. The van der Waals surface area contributed by atoms with E-state index in [1.807, 2.05) is 19.1 Å². The molecule has 0 amide bonds. The summed E-state index contributed by atoms with van der Waals surface area (Å²) in [4.78, 5) is 2.23. The molecule has 1 aromatic rings. The van der Waals surface area contributed by atoms with Crippen LogP contribution in [0.3, 0.4) is 0 Å². The molecule has 0 radical (unpaired) electrons. The van der Waals surface area contributed by atoms with Crippen LogP contribution >= 0.6 is 0 Å². The topological polar surface area (TPSA) is 24.5 Å². The molecule has 0 aliphatic carbocycles. The second kappa shape index (κ2) is 8.18. The Balaban J connectivity index is 2.63. The zero-order valence-electron chi connectivity index (χ0n) is 12.9. The van der Waals surface area contributed by atoms with Crippen molar-refractivity contribution in [1.29, 1.82) is 0 Å². The van der Waals surface area contributed by atoms with Gasteiger partial charge in [-0.3, -0.25) is 0 Å². The molecular weight excluding hydrogens is 236 g/mol. The van der Waals surface area contributed by atoms with E-state index in [0.717, 1.165) is 18.8 Å². The number of hydrogen-bond acceptors (Lipinski definition) is 3. The maximum atomic E-state index is 5.66. The van der Waals surface area contributed by atoms with Crippen molar-refractivity contribution in [1.82, 2.24) is 10.2 Å². The lowest BCUT2D eigenvalue weighted by Gasteiger charge is -2.26. The lowest BCUT2D eigenvalue weighted by atomic mass is 10.0. The van der Waals surface area contributed by atoms with Crippen LogP contribution in [0.15, 0.2) is 24.3 Å². The van der Waals surface area contributed by atoms with Crippen LogP contribution in [0.5, 0.6) is 5.75 Å². The van der Waals surface area contributed by atoms with Gasteiger partial charge in [0.25, 0.3) is 0 Å². The normalized spacial score (nSPS) is 13.0. The summed E-state index contributed by atoms with van der Waals surface area (Å²) in [7, 11) is 4.23. The van der Waals surface area contributed by atoms with Crippen LogP contribution in [0, 0.1) is 5.92 Å². The molecule has 0 saturated heterocycles. The fourth-order valence-corrected chi connectivity index (χ4v) is 2.09. The van der Waals surface area contributed by atoms with E-state index >= 15 is 0 Å². The Morgan fingerprint density at radius 2 is 1.89 bits per heavy atom. The van der Waals surface area contributed by atoms with E-state index in [2.05, 4.69) is 50.3 Å². The highest BCUT2D eigenvalue weighted by molar-refractivity contribution is 5.33. The quantitative estimate of drug-likeness (QED) is 0.781. The predicted molar refractivity (Wildman–Crippen MR) is 81.6 cm³/mol. The average Bonchev–Trinajstić information content (AvgIpc) is 2.35. The highest BCUT2D eigenvalue weighted by atomic mass is 16.5. The number of nitrogens with zero attached hydrogens (tertiary/aromatic N) is 1. The molecule has 0 saturated carbocycles. The van der Waals surface area contributed by atoms with Crippen LogP contribution in [0.4, 0.5) is 0 Å². The lowest BCUT2D eigenvalue weighted by Crippen LogP contribution is -2.41. The zero-order valence-corrected chi connectivity index (χ0v) is 12.9. The SMILES string of the molecule is CCOc1ccccc1CNC(CN(C)C)C(C)C. The minimum atomic E-state index is 0.490. The zero-order chi connectivity index (χ0) is 14.3. The van der Waals surface area contributed by atoms with Crippen molar-refractivity contribution in [3.05, 3.63) is 29.8 Å². The highest BCUT2D eigenvalue weighted by Gasteiger charge is 2.14. The van der Waals surface area contributed by atoms with Crippen molar-refractivity contribution in [2.45, 2.75) is 33.4 Å². The molecule has 0 aromatic heterocycles. The van der Waals surface area contributed by atoms with E-state index in [9.17, 15) is 0 Å². The van der Waals surface area contributed by atoms with E-state index in [0.29, 0.717) is 18.6 Å². The van der Waals surface area contributed by atoms with Crippen LogP contribution < -0.4 is 10.1 Å². The van der Waals surface area contributed by atoms with Gasteiger partial charge in [0.15, 0.2) is 0 Å². The Bertz CT molecular complexity index is 364. The van der Waals surface area contributed by atoms with Crippen LogP contribution in [0.2, 0.25) is 0 Å². The third kappa shape index (κ3) is 5.62. The summed E-state index contributed by atoms with van der Waals surface area (Å²) < 4.78 is 5.66. The van der Waals surface area contributed by atoms with Gasteiger partial charge >= 0.3 is 0 Å². The van der Waals surface area contributed by atoms with Gasteiger partial charge in [0, 0.05) is 24.7 Å². The van der Waals surface area contributed by atoms with E-state index in [1.165, 1.54) is 5.56 Å². The number of hydrogen-bond donors (Lipinski definition) is 1. The Hall–Kier alpha value is -1.06. The molecule has 3 nitrogen and oxygen atoms in total. The lowest BCUT2D eigenvalue weighted by molar-refractivity contribution is 0.285. The van der Waals surface area contributed by atoms with Gasteiger partial charge in [-0.25, -0.2) is 0 Å². The van der Waals surface area contributed by atoms with E-state index in [1.54, 1.807) is 0 Å². The first-order valence-corrected chi connectivity index (χ1v) is 7.13. The molecular formula is C16H28N2O. The number of likely N-dealkylation sites (N-methyl/N-ethyl adjacent to an activating group) is 1. The fourth-order valence-electron chi connectivity index (χ4n) is 2.09. The Kier molecular flexibility index (Phi) is 6.89. The first-order chi connectivity index (χ1) is 9.04. The molecule has 1 aromatic carbocycles. The molecule has 0 heterocycles. The molecule has 3 heteroatoms. The van der Waals surface area contributed by atoms with Crippen molar-refractivity contribution in [2.24, 2.45) is 5.92 Å². The maximum Gasteiger partial charge on any atom is 0.123 e. The van der Waals surface area contributed by atoms with Crippen molar-refractivity contribution < 1.29 is 4.74 Å². The van der Waals surface area contributed by atoms with Gasteiger partial charge in [-0.15, -0.1) is 0 Å². The van der Waals surface area contributed by atoms with E-state index in [-0.39, 0.29) is 0 Å². The molecule has 1 N–H and O–H groups in total. The van der Waals surface area contributed by atoms with Gasteiger partial charge in [-0.1, -0.05) is 32.0 Å². The van der Waals surface area contributed by atoms with Crippen LogP contribution in [-0.4, -0.2) is 38.2 Å². The molecule has 108 valence electrons.